The highest BCUT2D eigenvalue weighted by atomic mass is 16.6. The van der Waals surface area contributed by atoms with Crippen molar-refractivity contribution in [3.8, 4) is 0 Å². The molecule has 0 aliphatic heterocycles. The van der Waals surface area contributed by atoms with Crippen LogP contribution in [0.4, 0.5) is 0 Å². The summed E-state index contributed by atoms with van der Waals surface area (Å²) in [6, 6.07) is 0. The SMILES string of the molecule is CCCCC/C=C\C/C=C\C/C=C\C/C=C\CCCCCC(=O)O[C@H](COC(=O)CCCCCC/C=C\C/C=C\C/C=C\CCCCC)COC(=O)CCCCCCCCCCCCCCCCC. The van der Waals surface area contributed by atoms with Crippen molar-refractivity contribution in [1.29, 1.82) is 0 Å². The largest absolute Gasteiger partial charge is 0.462 e. The van der Waals surface area contributed by atoms with E-state index in [1.807, 2.05) is 0 Å². The summed E-state index contributed by atoms with van der Waals surface area (Å²) in [7, 11) is 0. The van der Waals surface area contributed by atoms with Gasteiger partial charge in [-0.1, -0.05) is 241 Å². The quantitative estimate of drug-likeness (QED) is 0.0262. The number of allylic oxidation sites excluding steroid dienone is 14. The van der Waals surface area contributed by atoms with Crippen molar-refractivity contribution in [1.82, 2.24) is 0 Å². The zero-order valence-corrected chi connectivity index (χ0v) is 45.3. The molecule has 0 spiro atoms. The van der Waals surface area contributed by atoms with Crippen LogP contribution in [0.25, 0.3) is 0 Å². The number of rotatable bonds is 52. The lowest BCUT2D eigenvalue weighted by Gasteiger charge is -2.18. The lowest BCUT2D eigenvalue weighted by atomic mass is 10.0. The van der Waals surface area contributed by atoms with Crippen molar-refractivity contribution in [3.63, 3.8) is 0 Å². The molecule has 0 aromatic rings. The van der Waals surface area contributed by atoms with E-state index < -0.39 is 6.10 Å². The second-order valence-corrected chi connectivity index (χ2v) is 19.2. The van der Waals surface area contributed by atoms with Gasteiger partial charge in [0.05, 0.1) is 0 Å². The number of unbranched alkanes of at least 4 members (excludes halogenated alkanes) is 27. The molecule has 0 radical (unpaired) electrons. The molecule has 0 aromatic carbocycles. The summed E-state index contributed by atoms with van der Waals surface area (Å²) in [5.74, 6) is -0.941. The van der Waals surface area contributed by atoms with Crippen molar-refractivity contribution in [2.75, 3.05) is 13.2 Å². The van der Waals surface area contributed by atoms with Crippen LogP contribution in [0.1, 0.15) is 278 Å². The van der Waals surface area contributed by atoms with Crippen molar-refractivity contribution in [3.05, 3.63) is 85.1 Å². The van der Waals surface area contributed by atoms with Gasteiger partial charge < -0.3 is 14.2 Å². The third-order valence-electron chi connectivity index (χ3n) is 12.4. The van der Waals surface area contributed by atoms with Crippen LogP contribution in [0.15, 0.2) is 85.1 Å². The minimum atomic E-state index is -0.802. The summed E-state index contributed by atoms with van der Waals surface area (Å²) in [4.78, 5) is 38.2. The van der Waals surface area contributed by atoms with Crippen LogP contribution < -0.4 is 0 Å². The van der Waals surface area contributed by atoms with Gasteiger partial charge in [0.2, 0.25) is 0 Å². The van der Waals surface area contributed by atoms with E-state index >= 15 is 0 Å². The second kappa shape index (κ2) is 57.2. The fraction of sp³-hybridized carbons (Fsp3) is 0.730. The highest BCUT2D eigenvalue weighted by Gasteiger charge is 2.19. The van der Waals surface area contributed by atoms with Gasteiger partial charge >= 0.3 is 17.9 Å². The van der Waals surface area contributed by atoms with E-state index in [9.17, 15) is 14.4 Å². The molecule has 0 amide bonds. The molecule has 0 saturated heterocycles. The summed E-state index contributed by atoms with van der Waals surface area (Å²) >= 11 is 0. The van der Waals surface area contributed by atoms with Gasteiger partial charge in [0, 0.05) is 19.3 Å². The Kier molecular flexibility index (Phi) is 54.3. The molecule has 0 aromatic heterocycles. The average Bonchev–Trinajstić information content (AvgIpc) is 3.35. The Morgan fingerprint density at radius 2 is 0.522 bits per heavy atom. The van der Waals surface area contributed by atoms with Crippen LogP contribution in [0, 0.1) is 0 Å². The zero-order valence-electron chi connectivity index (χ0n) is 45.3. The van der Waals surface area contributed by atoms with Crippen LogP contribution in [0.2, 0.25) is 0 Å². The summed E-state index contributed by atoms with van der Waals surface area (Å²) < 4.78 is 16.8. The maximum Gasteiger partial charge on any atom is 0.306 e. The van der Waals surface area contributed by atoms with Crippen LogP contribution in [-0.2, 0) is 28.6 Å². The molecule has 69 heavy (non-hydrogen) atoms. The maximum atomic E-state index is 12.9. The zero-order chi connectivity index (χ0) is 50.0. The average molecular weight is 962 g/mol. The first kappa shape index (κ1) is 65.6. The van der Waals surface area contributed by atoms with Crippen LogP contribution in [0.5, 0.6) is 0 Å². The van der Waals surface area contributed by atoms with E-state index in [1.165, 1.54) is 128 Å². The first-order valence-electron chi connectivity index (χ1n) is 29.1. The molecule has 1 atom stereocenters. The first-order chi connectivity index (χ1) is 34.0. The lowest BCUT2D eigenvalue weighted by molar-refractivity contribution is -0.167. The molecule has 0 aliphatic carbocycles. The molecule has 0 N–H and O–H groups in total. The van der Waals surface area contributed by atoms with Gasteiger partial charge in [0.1, 0.15) is 13.2 Å². The van der Waals surface area contributed by atoms with Crippen molar-refractivity contribution >= 4 is 17.9 Å². The number of esters is 3. The molecule has 6 heteroatoms. The molecule has 0 rings (SSSR count). The Hall–Kier alpha value is -3.41. The highest BCUT2D eigenvalue weighted by Crippen LogP contribution is 2.15. The maximum absolute atomic E-state index is 12.9. The Balaban J connectivity index is 4.48. The predicted octanol–water partition coefficient (Wildman–Crippen LogP) is 19.5. The van der Waals surface area contributed by atoms with Gasteiger partial charge in [0.15, 0.2) is 6.10 Å². The Morgan fingerprint density at radius 3 is 0.855 bits per heavy atom. The molecule has 0 unspecified atom stereocenters. The van der Waals surface area contributed by atoms with Gasteiger partial charge in [-0.05, 0) is 103 Å². The Morgan fingerprint density at radius 1 is 0.290 bits per heavy atom. The first-order valence-corrected chi connectivity index (χ1v) is 29.1. The standard InChI is InChI=1S/C63H108O6/c1-4-7-10-13-16-19-22-25-28-30-31-33-36-39-42-45-48-51-54-57-63(66)69-60(58-67-61(64)55-52-49-46-43-40-37-34-27-24-21-18-15-12-9-6-3)59-68-62(65)56-53-50-47-44-41-38-35-32-29-26-23-20-17-14-11-8-5-2/h16-17,19-20,25-26,28-29,31,33,35,38-39,42,60H,4-15,18,21-24,27,30,32,34,36-37,40-41,43-59H2,1-3H3/b19-16-,20-17-,28-25-,29-26-,33-31-,38-35-,42-39-/t60-/m0/s1. The summed E-state index contributed by atoms with van der Waals surface area (Å²) in [6.45, 7) is 6.56. The topological polar surface area (TPSA) is 78.9 Å². The number of ether oxygens (including phenoxy) is 3. The smallest absolute Gasteiger partial charge is 0.306 e. The van der Waals surface area contributed by atoms with Gasteiger partial charge in [-0.3, -0.25) is 14.4 Å². The molecule has 0 fully saturated rings. The minimum Gasteiger partial charge on any atom is -0.462 e. The molecular formula is C63H108O6. The van der Waals surface area contributed by atoms with E-state index in [-0.39, 0.29) is 37.5 Å². The number of carbonyl (C=O) groups is 3. The molecule has 0 saturated carbocycles. The molecule has 0 heterocycles. The van der Waals surface area contributed by atoms with Crippen LogP contribution >= 0.6 is 0 Å². The lowest BCUT2D eigenvalue weighted by Crippen LogP contribution is -2.30. The van der Waals surface area contributed by atoms with E-state index in [2.05, 4.69) is 106 Å². The van der Waals surface area contributed by atoms with E-state index in [1.54, 1.807) is 0 Å². The van der Waals surface area contributed by atoms with Gasteiger partial charge in [-0.2, -0.15) is 0 Å². The number of hydrogen-bond acceptors (Lipinski definition) is 6. The summed E-state index contributed by atoms with van der Waals surface area (Å²) in [5, 5.41) is 0. The Labute approximate surface area is 426 Å². The van der Waals surface area contributed by atoms with E-state index in [4.69, 9.17) is 14.2 Å². The summed E-state index contributed by atoms with van der Waals surface area (Å²) in [6.07, 6.45) is 74.2. The van der Waals surface area contributed by atoms with Gasteiger partial charge in [-0.15, -0.1) is 0 Å². The van der Waals surface area contributed by atoms with Crippen molar-refractivity contribution in [2.45, 2.75) is 284 Å². The third-order valence-corrected chi connectivity index (χ3v) is 12.4. The normalized spacial score (nSPS) is 12.7. The molecular weight excluding hydrogens is 853 g/mol. The van der Waals surface area contributed by atoms with Crippen molar-refractivity contribution in [2.24, 2.45) is 0 Å². The van der Waals surface area contributed by atoms with Crippen LogP contribution in [-0.4, -0.2) is 37.2 Å². The summed E-state index contributed by atoms with van der Waals surface area (Å²) in [5.41, 5.74) is 0. The monoisotopic (exact) mass is 961 g/mol. The van der Waals surface area contributed by atoms with Crippen molar-refractivity contribution < 1.29 is 28.6 Å². The van der Waals surface area contributed by atoms with Gasteiger partial charge in [0.25, 0.3) is 0 Å². The second-order valence-electron chi connectivity index (χ2n) is 19.2. The number of hydrogen-bond donors (Lipinski definition) is 0. The minimum absolute atomic E-state index is 0.0951. The van der Waals surface area contributed by atoms with Gasteiger partial charge in [-0.25, -0.2) is 0 Å². The molecule has 0 bridgehead atoms. The van der Waals surface area contributed by atoms with Crippen LogP contribution in [0.3, 0.4) is 0 Å². The number of carbonyl (C=O) groups excluding carboxylic acids is 3. The van der Waals surface area contributed by atoms with E-state index in [0.29, 0.717) is 12.8 Å². The molecule has 0 aliphatic rings. The molecule has 396 valence electrons. The fourth-order valence-electron chi connectivity index (χ4n) is 7.96. The van der Waals surface area contributed by atoms with E-state index in [0.717, 1.165) is 109 Å². The fourth-order valence-corrected chi connectivity index (χ4v) is 7.96. The Bertz CT molecular complexity index is 1330. The molecule has 6 nitrogen and oxygen atoms in total. The predicted molar refractivity (Wildman–Crippen MR) is 297 cm³/mol. The highest BCUT2D eigenvalue weighted by molar-refractivity contribution is 5.71. The third kappa shape index (κ3) is 55.4.